The van der Waals surface area contributed by atoms with Gasteiger partial charge < -0.3 is 5.32 Å². The SMILES string of the molecule is O=C(Nc1ccccc1Cl)Nc1nnc2ccccn12. The second kappa shape index (κ2) is 5.18. The van der Waals surface area contributed by atoms with E-state index < -0.39 is 6.03 Å². The van der Waals surface area contributed by atoms with Gasteiger partial charge >= 0.3 is 6.03 Å². The highest BCUT2D eigenvalue weighted by Crippen LogP contribution is 2.20. The van der Waals surface area contributed by atoms with Crippen LogP contribution in [-0.4, -0.2) is 20.6 Å². The fourth-order valence-electron chi connectivity index (χ4n) is 1.74. The van der Waals surface area contributed by atoms with Crippen LogP contribution in [0.25, 0.3) is 5.65 Å². The van der Waals surface area contributed by atoms with Gasteiger partial charge in [-0.05, 0) is 24.3 Å². The normalized spacial score (nSPS) is 10.4. The molecule has 0 spiro atoms. The summed E-state index contributed by atoms with van der Waals surface area (Å²) in [5.74, 6) is 0.338. The number of anilines is 2. The number of nitrogens with one attached hydrogen (secondary N) is 2. The van der Waals surface area contributed by atoms with Crippen LogP contribution in [0.3, 0.4) is 0 Å². The van der Waals surface area contributed by atoms with Crippen LogP contribution in [0.5, 0.6) is 0 Å². The van der Waals surface area contributed by atoms with Gasteiger partial charge in [-0.2, -0.15) is 0 Å². The molecule has 3 rings (SSSR count). The van der Waals surface area contributed by atoms with Crippen molar-refractivity contribution in [3.8, 4) is 0 Å². The number of hydrogen-bond donors (Lipinski definition) is 2. The quantitative estimate of drug-likeness (QED) is 0.761. The molecule has 0 atom stereocenters. The van der Waals surface area contributed by atoms with Gasteiger partial charge in [-0.25, -0.2) is 4.79 Å². The number of carbonyl (C=O) groups is 1. The van der Waals surface area contributed by atoms with Gasteiger partial charge in [-0.15, -0.1) is 10.2 Å². The molecule has 7 heteroatoms. The summed E-state index contributed by atoms with van der Waals surface area (Å²) in [6, 6.07) is 12.0. The van der Waals surface area contributed by atoms with Crippen LogP contribution in [0.2, 0.25) is 5.02 Å². The molecule has 2 heterocycles. The molecular weight excluding hydrogens is 278 g/mol. The maximum absolute atomic E-state index is 11.9. The lowest BCUT2D eigenvalue weighted by atomic mass is 10.3. The van der Waals surface area contributed by atoms with Crippen LogP contribution in [0.1, 0.15) is 0 Å². The zero-order chi connectivity index (χ0) is 13.9. The van der Waals surface area contributed by atoms with Crippen molar-refractivity contribution in [3.63, 3.8) is 0 Å². The summed E-state index contributed by atoms with van der Waals surface area (Å²) >= 11 is 5.97. The largest absolute Gasteiger partial charge is 0.326 e. The van der Waals surface area contributed by atoms with Gasteiger partial charge in [0.2, 0.25) is 5.95 Å². The first-order chi connectivity index (χ1) is 9.74. The highest BCUT2D eigenvalue weighted by Gasteiger charge is 2.09. The summed E-state index contributed by atoms with van der Waals surface area (Å²) in [5.41, 5.74) is 1.18. The van der Waals surface area contributed by atoms with Crippen molar-refractivity contribution in [2.75, 3.05) is 10.6 Å². The summed E-state index contributed by atoms with van der Waals surface area (Å²) in [6.07, 6.45) is 1.76. The highest BCUT2D eigenvalue weighted by molar-refractivity contribution is 6.33. The monoisotopic (exact) mass is 287 g/mol. The van der Waals surface area contributed by atoms with E-state index in [4.69, 9.17) is 11.6 Å². The molecule has 6 nitrogen and oxygen atoms in total. The van der Waals surface area contributed by atoms with Crippen LogP contribution >= 0.6 is 11.6 Å². The summed E-state index contributed by atoms with van der Waals surface area (Å²) in [4.78, 5) is 11.9. The Hall–Kier alpha value is -2.60. The summed E-state index contributed by atoms with van der Waals surface area (Å²) < 4.78 is 1.67. The predicted molar refractivity (Wildman–Crippen MR) is 77.1 cm³/mol. The van der Waals surface area contributed by atoms with E-state index in [1.807, 2.05) is 12.1 Å². The lowest BCUT2D eigenvalue weighted by molar-refractivity contribution is 0.262. The third-order valence-corrected chi connectivity index (χ3v) is 2.99. The Kier molecular flexibility index (Phi) is 3.22. The van der Waals surface area contributed by atoms with Gasteiger partial charge in [0, 0.05) is 6.20 Å². The zero-order valence-corrected chi connectivity index (χ0v) is 11.0. The second-order valence-corrected chi connectivity index (χ2v) is 4.42. The molecule has 20 heavy (non-hydrogen) atoms. The minimum atomic E-state index is -0.434. The summed E-state index contributed by atoms with van der Waals surface area (Å²) in [5, 5.41) is 13.6. The number of pyridine rings is 1. The third-order valence-electron chi connectivity index (χ3n) is 2.66. The van der Waals surface area contributed by atoms with Crippen LogP contribution in [0.15, 0.2) is 48.7 Å². The average Bonchev–Trinajstić information content (AvgIpc) is 2.85. The molecule has 0 saturated carbocycles. The fourth-order valence-corrected chi connectivity index (χ4v) is 1.93. The van der Waals surface area contributed by atoms with Crippen molar-refractivity contribution in [2.45, 2.75) is 0 Å². The van der Waals surface area contributed by atoms with Gasteiger partial charge in [0.25, 0.3) is 0 Å². The summed E-state index contributed by atoms with van der Waals surface area (Å²) in [6.45, 7) is 0. The molecule has 100 valence electrons. The molecule has 0 saturated heterocycles. The van der Waals surface area contributed by atoms with E-state index in [0.29, 0.717) is 22.3 Å². The molecular formula is C13H10ClN5O. The fraction of sp³-hybridized carbons (Fsp3) is 0. The highest BCUT2D eigenvalue weighted by atomic mass is 35.5. The Morgan fingerprint density at radius 2 is 1.85 bits per heavy atom. The van der Waals surface area contributed by atoms with E-state index in [1.54, 1.807) is 40.9 Å². The van der Waals surface area contributed by atoms with Crippen LogP contribution < -0.4 is 10.6 Å². The van der Waals surface area contributed by atoms with E-state index in [2.05, 4.69) is 20.8 Å². The molecule has 1 aromatic carbocycles. The van der Waals surface area contributed by atoms with E-state index in [0.717, 1.165) is 0 Å². The van der Waals surface area contributed by atoms with Gasteiger partial charge in [0.1, 0.15) is 0 Å². The molecule has 0 radical (unpaired) electrons. The standard InChI is InChI=1S/C13H10ClN5O/c14-9-5-1-2-6-10(9)15-13(20)16-12-18-17-11-7-3-4-8-19(11)12/h1-8H,(H2,15,16,18,20). The first kappa shape index (κ1) is 12.4. The number of amides is 2. The van der Waals surface area contributed by atoms with Gasteiger partial charge in [0.15, 0.2) is 5.65 Å². The van der Waals surface area contributed by atoms with Crippen molar-refractivity contribution < 1.29 is 4.79 Å². The Morgan fingerprint density at radius 1 is 1.05 bits per heavy atom. The van der Waals surface area contributed by atoms with Gasteiger partial charge in [0.05, 0.1) is 10.7 Å². The topological polar surface area (TPSA) is 71.3 Å². The zero-order valence-electron chi connectivity index (χ0n) is 10.2. The molecule has 0 fully saturated rings. The van der Waals surface area contributed by atoms with Gasteiger partial charge in [-0.3, -0.25) is 9.72 Å². The van der Waals surface area contributed by atoms with Gasteiger partial charge in [-0.1, -0.05) is 29.8 Å². The van der Waals surface area contributed by atoms with E-state index in [1.165, 1.54) is 0 Å². The molecule has 2 aromatic heterocycles. The molecule has 0 unspecified atom stereocenters. The molecule has 0 aliphatic rings. The molecule has 0 bridgehead atoms. The Labute approximate surface area is 119 Å². The molecule has 2 N–H and O–H groups in total. The average molecular weight is 288 g/mol. The van der Waals surface area contributed by atoms with E-state index in [9.17, 15) is 4.79 Å². The lowest BCUT2D eigenvalue weighted by Crippen LogP contribution is -2.21. The first-order valence-corrected chi connectivity index (χ1v) is 6.24. The summed E-state index contributed by atoms with van der Waals surface area (Å²) in [7, 11) is 0. The molecule has 0 aliphatic carbocycles. The first-order valence-electron chi connectivity index (χ1n) is 5.86. The van der Waals surface area contributed by atoms with Crippen LogP contribution in [-0.2, 0) is 0 Å². The maximum atomic E-state index is 11.9. The number of aromatic nitrogens is 3. The van der Waals surface area contributed by atoms with Crippen molar-refractivity contribution in [1.29, 1.82) is 0 Å². The number of carbonyl (C=O) groups excluding carboxylic acids is 1. The number of para-hydroxylation sites is 1. The van der Waals surface area contributed by atoms with E-state index >= 15 is 0 Å². The molecule has 3 aromatic rings. The maximum Gasteiger partial charge on any atom is 0.326 e. The van der Waals surface area contributed by atoms with Crippen molar-refractivity contribution in [1.82, 2.24) is 14.6 Å². The van der Waals surface area contributed by atoms with Crippen molar-refractivity contribution in [2.24, 2.45) is 0 Å². The minimum absolute atomic E-state index is 0.338. The van der Waals surface area contributed by atoms with E-state index in [-0.39, 0.29) is 0 Å². The Morgan fingerprint density at radius 3 is 2.70 bits per heavy atom. The second-order valence-electron chi connectivity index (χ2n) is 4.01. The number of fused-ring (bicyclic) bond motifs is 1. The number of benzene rings is 1. The third kappa shape index (κ3) is 2.41. The molecule has 2 amide bonds. The number of rotatable bonds is 2. The number of nitrogens with zero attached hydrogens (tertiary/aromatic N) is 3. The number of urea groups is 1. The number of halogens is 1. The number of hydrogen-bond acceptors (Lipinski definition) is 3. The van der Waals surface area contributed by atoms with Crippen LogP contribution in [0, 0.1) is 0 Å². The Balaban J connectivity index is 1.78. The van der Waals surface area contributed by atoms with Crippen molar-refractivity contribution in [3.05, 3.63) is 53.7 Å². The predicted octanol–water partition coefficient (Wildman–Crippen LogP) is 3.03. The lowest BCUT2D eigenvalue weighted by Gasteiger charge is -2.07. The Bertz CT molecular complexity index is 770. The van der Waals surface area contributed by atoms with Crippen molar-refractivity contribution >= 4 is 34.9 Å². The van der Waals surface area contributed by atoms with Crippen LogP contribution in [0.4, 0.5) is 16.4 Å². The molecule has 0 aliphatic heterocycles. The smallest absolute Gasteiger partial charge is 0.306 e. The minimum Gasteiger partial charge on any atom is -0.306 e.